The summed E-state index contributed by atoms with van der Waals surface area (Å²) in [6.45, 7) is 6.88. The highest BCUT2D eigenvalue weighted by Crippen LogP contribution is 2.24. The molecule has 2 aromatic carbocycles. The van der Waals surface area contributed by atoms with Crippen molar-refractivity contribution < 1.29 is 4.79 Å². The Hall–Kier alpha value is -3.17. The van der Waals surface area contributed by atoms with Crippen LogP contribution in [0.2, 0.25) is 0 Å². The smallest absolute Gasteiger partial charge is 0.255 e. The molecule has 0 saturated heterocycles. The molecule has 0 spiro atoms. The van der Waals surface area contributed by atoms with Crippen molar-refractivity contribution in [3.8, 4) is 0 Å². The second-order valence-electron chi connectivity index (χ2n) is 7.76. The molecule has 3 N–H and O–H groups in total. The van der Waals surface area contributed by atoms with Crippen LogP contribution >= 0.6 is 23.1 Å². The van der Waals surface area contributed by atoms with Crippen LogP contribution in [0.25, 0.3) is 0 Å². The van der Waals surface area contributed by atoms with Gasteiger partial charge >= 0.3 is 0 Å². The number of nitrogen functional groups attached to an aromatic ring is 1. The number of thioether (sulfide) groups is 1. The summed E-state index contributed by atoms with van der Waals surface area (Å²) >= 11 is 3.03. The van der Waals surface area contributed by atoms with Gasteiger partial charge in [-0.3, -0.25) is 4.79 Å². The summed E-state index contributed by atoms with van der Waals surface area (Å²) in [5.74, 6) is 1.44. The van der Waals surface area contributed by atoms with E-state index in [2.05, 4.69) is 38.1 Å². The van der Waals surface area contributed by atoms with Crippen LogP contribution in [0.4, 0.5) is 10.8 Å². The minimum Gasteiger partial charge on any atom is -0.375 e. The number of carbonyl (C=O) groups excluding carboxylic acids is 1. The second kappa shape index (κ2) is 10.2. The topological polar surface area (TPSA) is 98.7 Å². The Morgan fingerprint density at radius 3 is 2.76 bits per heavy atom. The Morgan fingerprint density at radius 1 is 1.18 bits per heavy atom. The fourth-order valence-corrected chi connectivity index (χ4v) is 5.07. The average Bonchev–Trinajstić information content (AvgIpc) is 3.39. The molecule has 4 aromatic rings. The average molecular weight is 479 g/mol. The lowest BCUT2D eigenvalue weighted by atomic mass is 10.1. The first kappa shape index (κ1) is 23.0. The molecule has 0 unspecified atom stereocenters. The Labute approximate surface area is 201 Å². The van der Waals surface area contributed by atoms with Gasteiger partial charge in [0.15, 0.2) is 10.3 Å². The first-order valence-corrected chi connectivity index (χ1v) is 12.5. The molecule has 170 valence electrons. The molecule has 4 rings (SSSR count). The van der Waals surface area contributed by atoms with Gasteiger partial charge in [0, 0.05) is 28.9 Å². The minimum atomic E-state index is -0.115. The number of benzene rings is 2. The molecule has 9 heteroatoms. The number of nitrogens with one attached hydrogen (secondary N) is 1. The zero-order chi connectivity index (χ0) is 23.4. The van der Waals surface area contributed by atoms with E-state index < -0.39 is 0 Å². The van der Waals surface area contributed by atoms with Crippen LogP contribution < -0.4 is 11.1 Å². The molecular weight excluding hydrogens is 452 g/mol. The second-order valence-corrected chi connectivity index (χ2v) is 9.59. The third-order valence-corrected chi connectivity index (χ3v) is 6.97. The van der Waals surface area contributed by atoms with Gasteiger partial charge in [0.1, 0.15) is 5.82 Å². The third kappa shape index (κ3) is 5.61. The van der Waals surface area contributed by atoms with E-state index >= 15 is 0 Å². The normalized spacial score (nSPS) is 11.0. The van der Waals surface area contributed by atoms with Gasteiger partial charge in [-0.2, -0.15) is 0 Å². The van der Waals surface area contributed by atoms with Crippen molar-refractivity contribution >= 4 is 39.8 Å². The molecule has 0 radical (unpaired) electrons. The zero-order valence-electron chi connectivity index (χ0n) is 18.8. The van der Waals surface area contributed by atoms with E-state index in [9.17, 15) is 4.79 Å². The van der Waals surface area contributed by atoms with E-state index in [1.54, 1.807) is 11.8 Å². The van der Waals surface area contributed by atoms with Gasteiger partial charge in [-0.25, -0.2) is 4.98 Å². The van der Waals surface area contributed by atoms with Gasteiger partial charge < -0.3 is 15.6 Å². The number of aromatic nitrogens is 4. The molecule has 2 heterocycles. The molecule has 2 aromatic heterocycles. The Balaban J connectivity index is 1.43. The lowest BCUT2D eigenvalue weighted by Gasteiger charge is -2.10. The summed E-state index contributed by atoms with van der Waals surface area (Å²) in [6, 6.07) is 13.7. The molecule has 0 aliphatic rings. The number of amides is 1. The highest BCUT2D eigenvalue weighted by Gasteiger charge is 2.14. The number of thiazole rings is 1. The maximum Gasteiger partial charge on any atom is 0.255 e. The van der Waals surface area contributed by atoms with E-state index in [1.165, 1.54) is 16.9 Å². The Morgan fingerprint density at radius 2 is 2.03 bits per heavy atom. The highest BCUT2D eigenvalue weighted by atomic mass is 32.2. The number of anilines is 2. The van der Waals surface area contributed by atoms with Gasteiger partial charge in [-0.15, -0.1) is 21.5 Å². The number of aryl methyl sites for hydroxylation is 2. The molecular formula is C24H26N6OS2. The van der Waals surface area contributed by atoms with Crippen molar-refractivity contribution in [3.05, 3.63) is 81.6 Å². The molecule has 1 amide bonds. The molecule has 0 aliphatic heterocycles. The van der Waals surface area contributed by atoms with Gasteiger partial charge in [-0.1, -0.05) is 41.6 Å². The minimum absolute atomic E-state index is 0.115. The summed E-state index contributed by atoms with van der Waals surface area (Å²) in [6.07, 6.45) is 0.600. The van der Waals surface area contributed by atoms with Crippen molar-refractivity contribution in [1.29, 1.82) is 0 Å². The van der Waals surface area contributed by atoms with Crippen LogP contribution in [-0.2, 0) is 18.7 Å². The highest BCUT2D eigenvalue weighted by molar-refractivity contribution is 7.98. The standard InChI is InChI=1S/C24H26N6OS2/c1-4-30-21(12-19-14-32-23(25)26-19)28-29-24(30)33-13-17-6-5-7-18(11-17)22(31)27-20-9-8-15(2)10-16(20)3/h5-11,14H,4,12-13H2,1-3H3,(H2,25,26)(H,27,31). The number of nitrogens with two attached hydrogens (primary N) is 1. The number of hydrogen-bond acceptors (Lipinski definition) is 7. The lowest BCUT2D eigenvalue weighted by molar-refractivity contribution is 0.102. The summed E-state index contributed by atoms with van der Waals surface area (Å²) in [7, 11) is 0. The van der Waals surface area contributed by atoms with Gasteiger partial charge in [0.2, 0.25) is 0 Å². The van der Waals surface area contributed by atoms with Crippen molar-refractivity contribution in [3.63, 3.8) is 0 Å². The molecule has 33 heavy (non-hydrogen) atoms. The number of carbonyl (C=O) groups is 1. The van der Waals surface area contributed by atoms with Crippen LogP contribution in [0.3, 0.4) is 0 Å². The zero-order valence-corrected chi connectivity index (χ0v) is 20.5. The number of nitrogens with zero attached hydrogens (tertiary/aromatic N) is 4. The first-order valence-electron chi connectivity index (χ1n) is 10.6. The molecule has 0 fully saturated rings. The van der Waals surface area contributed by atoms with E-state index in [0.717, 1.165) is 40.0 Å². The Kier molecular flexibility index (Phi) is 7.10. The monoisotopic (exact) mass is 478 g/mol. The molecule has 0 atom stereocenters. The van der Waals surface area contributed by atoms with E-state index in [-0.39, 0.29) is 5.91 Å². The summed E-state index contributed by atoms with van der Waals surface area (Å²) in [5, 5.41) is 15.1. The van der Waals surface area contributed by atoms with Crippen LogP contribution in [0.15, 0.2) is 53.0 Å². The third-order valence-electron chi connectivity index (χ3n) is 5.21. The summed E-state index contributed by atoms with van der Waals surface area (Å²) in [5.41, 5.74) is 11.4. The van der Waals surface area contributed by atoms with Gasteiger partial charge in [0.25, 0.3) is 5.91 Å². The van der Waals surface area contributed by atoms with Crippen molar-refractivity contribution in [1.82, 2.24) is 19.7 Å². The molecule has 0 aliphatic carbocycles. The van der Waals surface area contributed by atoms with E-state index in [0.29, 0.717) is 22.9 Å². The van der Waals surface area contributed by atoms with E-state index in [4.69, 9.17) is 5.73 Å². The largest absolute Gasteiger partial charge is 0.375 e. The van der Waals surface area contributed by atoms with Crippen LogP contribution in [-0.4, -0.2) is 25.7 Å². The van der Waals surface area contributed by atoms with Crippen molar-refractivity contribution in [2.24, 2.45) is 0 Å². The van der Waals surface area contributed by atoms with Crippen molar-refractivity contribution in [2.75, 3.05) is 11.1 Å². The first-order chi connectivity index (χ1) is 15.9. The van der Waals surface area contributed by atoms with Crippen molar-refractivity contribution in [2.45, 2.75) is 44.6 Å². The van der Waals surface area contributed by atoms with Crippen LogP contribution in [0.5, 0.6) is 0 Å². The quantitative estimate of drug-likeness (QED) is 0.342. The maximum atomic E-state index is 12.8. The Bertz CT molecular complexity index is 1280. The number of hydrogen-bond donors (Lipinski definition) is 2. The lowest BCUT2D eigenvalue weighted by Crippen LogP contribution is -2.13. The molecule has 0 bridgehead atoms. The number of rotatable bonds is 8. The van der Waals surface area contributed by atoms with E-state index in [1.807, 2.05) is 55.6 Å². The predicted octanol–water partition coefficient (Wildman–Crippen LogP) is 5.09. The van der Waals surface area contributed by atoms with Gasteiger partial charge in [0.05, 0.1) is 12.1 Å². The molecule has 0 saturated carbocycles. The van der Waals surface area contributed by atoms with Crippen LogP contribution in [0.1, 0.15) is 45.5 Å². The fourth-order valence-electron chi connectivity index (χ4n) is 3.54. The summed E-state index contributed by atoms with van der Waals surface area (Å²) < 4.78 is 2.09. The van der Waals surface area contributed by atoms with Crippen LogP contribution in [0, 0.1) is 13.8 Å². The predicted molar refractivity (Wildman–Crippen MR) is 135 cm³/mol. The summed E-state index contributed by atoms with van der Waals surface area (Å²) in [4.78, 5) is 17.1. The molecule has 7 nitrogen and oxygen atoms in total. The van der Waals surface area contributed by atoms with Gasteiger partial charge in [-0.05, 0) is 50.1 Å². The fraction of sp³-hybridized carbons (Fsp3) is 0.250. The maximum absolute atomic E-state index is 12.8. The SMILES string of the molecule is CCn1c(Cc2csc(N)n2)nnc1SCc1cccc(C(=O)Nc2ccc(C)cc2C)c1.